The molecule has 0 radical (unpaired) electrons. The van der Waals surface area contributed by atoms with Crippen molar-refractivity contribution in [1.29, 1.82) is 0 Å². The van der Waals surface area contributed by atoms with Crippen molar-refractivity contribution in [3.8, 4) is 0 Å². The van der Waals surface area contributed by atoms with Crippen LogP contribution in [0.25, 0.3) is 5.57 Å². The van der Waals surface area contributed by atoms with Gasteiger partial charge in [-0.3, -0.25) is 0 Å². The number of hydrogen-bond acceptors (Lipinski definition) is 3. The van der Waals surface area contributed by atoms with Crippen LogP contribution < -0.4 is 5.73 Å². The lowest BCUT2D eigenvalue weighted by atomic mass is 10.1. The Morgan fingerprint density at radius 3 is 2.67 bits per heavy atom. The van der Waals surface area contributed by atoms with Gasteiger partial charge in [0.05, 0.1) is 0 Å². The summed E-state index contributed by atoms with van der Waals surface area (Å²) in [6.07, 6.45) is 1.93. The molecule has 1 heterocycles. The zero-order valence-electron chi connectivity index (χ0n) is 10.5. The number of likely N-dealkylation sites (N-methyl/N-ethyl adjacent to an activating group) is 1. The van der Waals surface area contributed by atoms with E-state index in [0.29, 0.717) is 18.7 Å². The van der Waals surface area contributed by atoms with Gasteiger partial charge in [0.15, 0.2) is 11.6 Å². The quantitative estimate of drug-likeness (QED) is 0.891. The van der Waals surface area contributed by atoms with Crippen molar-refractivity contribution in [2.75, 3.05) is 20.1 Å². The molecule has 0 amide bonds. The summed E-state index contributed by atoms with van der Waals surface area (Å²) >= 11 is 0. The van der Waals surface area contributed by atoms with Gasteiger partial charge in [-0.2, -0.15) is 0 Å². The lowest BCUT2D eigenvalue weighted by Crippen LogP contribution is -2.39. The standard InChI is InChI=1S/C13H17F2N3/c1-9(16)6-18-8-11(7-17(18)2)10-3-4-12(14)13(15)5-10/h3-5,8-9H,6-7,16H2,1-2H3. The van der Waals surface area contributed by atoms with Crippen LogP contribution in [0.2, 0.25) is 0 Å². The zero-order valence-corrected chi connectivity index (χ0v) is 10.5. The average Bonchev–Trinajstić information content (AvgIpc) is 2.63. The fourth-order valence-corrected chi connectivity index (χ4v) is 2.01. The maximum Gasteiger partial charge on any atom is 0.159 e. The fourth-order valence-electron chi connectivity index (χ4n) is 2.01. The van der Waals surface area contributed by atoms with Crippen LogP contribution in [0.3, 0.4) is 0 Å². The van der Waals surface area contributed by atoms with Crippen LogP contribution >= 0.6 is 0 Å². The third-order valence-corrected chi connectivity index (χ3v) is 2.91. The number of hydrogen-bond donors (Lipinski definition) is 1. The van der Waals surface area contributed by atoms with Gasteiger partial charge in [0.25, 0.3) is 0 Å². The first kappa shape index (κ1) is 13.0. The van der Waals surface area contributed by atoms with E-state index in [1.165, 1.54) is 6.07 Å². The van der Waals surface area contributed by atoms with E-state index < -0.39 is 11.6 Å². The number of benzene rings is 1. The SMILES string of the molecule is CC(N)CN1C=C(c2ccc(F)c(F)c2)CN1C. The number of nitrogens with two attached hydrogens (primary N) is 1. The summed E-state index contributed by atoms with van der Waals surface area (Å²) in [5.74, 6) is -1.64. The number of rotatable bonds is 3. The molecule has 98 valence electrons. The van der Waals surface area contributed by atoms with Crippen molar-refractivity contribution in [2.24, 2.45) is 5.73 Å². The Hall–Kier alpha value is -1.46. The van der Waals surface area contributed by atoms with Gasteiger partial charge in [-0.1, -0.05) is 6.07 Å². The molecule has 1 aliphatic rings. The number of halogens is 2. The lowest BCUT2D eigenvalue weighted by molar-refractivity contribution is 0.0797. The highest BCUT2D eigenvalue weighted by Gasteiger charge is 2.20. The van der Waals surface area contributed by atoms with E-state index >= 15 is 0 Å². The molecule has 0 saturated carbocycles. The van der Waals surface area contributed by atoms with Crippen LogP contribution in [-0.2, 0) is 0 Å². The van der Waals surface area contributed by atoms with Gasteiger partial charge >= 0.3 is 0 Å². The summed E-state index contributed by atoms with van der Waals surface area (Å²) in [6.45, 7) is 3.29. The van der Waals surface area contributed by atoms with Crippen LogP contribution in [0.15, 0.2) is 24.4 Å². The lowest BCUT2D eigenvalue weighted by Gasteiger charge is -2.26. The molecule has 18 heavy (non-hydrogen) atoms. The third kappa shape index (κ3) is 2.68. The van der Waals surface area contributed by atoms with E-state index in [4.69, 9.17) is 5.73 Å². The zero-order chi connectivity index (χ0) is 13.3. The molecule has 0 bridgehead atoms. The van der Waals surface area contributed by atoms with Gasteiger partial charge in [0, 0.05) is 32.4 Å². The molecule has 5 heteroatoms. The Morgan fingerprint density at radius 1 is 1.33 bits per heavy atom. The van der Waals surface area contributed by atoms with E-state index in [9.17, 15) is 8.78 Å². The van der Waals surface area contributed by atoms with Gasteiger partial charge in [-0.05, 0) is 30.2 Å². The summed E-state index contributed by atoms with van der Waals surface area (Å²) in [6, 6.07) is 4.02. The highest BCUT2D eigenvalue weighted by atomic mass is 19.2. The van der Waals surface area contributed by atoms with Crippen molar-refractivity contribution >= 4 is 5.57 Å². The Balaban J connectivity index is 2.21. The summed E-state index contributed by atoms with van der Waals surface area (Å²) < 4.78 is 26.1. The van der Waals surface area contributed by atoms with Gasteiger partial charge in [0.2, 0.25) is 0 Å². The van der Waals surface area contributed by atoms with Crippen LogP contribution in [0.4, 0.5) is 8.78 Å². The topological polar surface area (TPSA) is 32.5 Å². The highest BCUT2D eigenvalue weighted by Crippen LogP contribution is 2.24. The largest absolute Gasteiger partial charge is 0.326 e. The smallest absolute Gasteiger partial charge is 0.159 e. The summed E-state index contributed by atoms with van der Waals surface area (Å²) in [5.41, 5.74) is 7.41. The number of nitrogens with zero attached hydrogens (tertiary/aromatic N) is 2. The van der Waals surface area contributed by atoms with Crippen molar-refractivity contribution in [3.05, 3.63) is 41.6 Å². The minimum absolute atomic E-state index is 0.0491. The summed E-state index contributed by atoms with van der Waals surface area (Å²) in [5, 5.41) is 3.99. The summed E-state index contributed by atoms with van der Waals surface area (Å²) in [7, 11) is 1.94. The van der Waals surface area contributed by atoms with Gasteiger partial charge in [-0.15, -0.1) is 0 Å². The second-order valence-corrected chi connectivity index (χ2v) is 4.70. The Bertz CT molecular complexity index is 471. The maximum atomic E-state index is 13.2. The van der Waals surface area contributed by atoms with Crippen LogP contribution in [-0.4, -0.2) is 36.2 Å². The molecular weight excluding hydrogens is 236 g/mol. The number of hydrazine groups is 1. The molecule has 1 atom stereocenters. The molecule has 1 aromatic rings. The van der Waals surface area contributed by atoms with Crippen LogP contribution in [0.5, 0.6) is 0 Å². The maximum absolute atomic E-state index is 13.2. The van der Waals surface area contributed by atoms with Crippen LogP contribution in [0, 0.1) is 11.6 Å². The molecule has 1 unspecified atom stereocenters. The first-order chi connectivity index (χ1) is 8.47. The Labute approximate surface area is 105 Å². The predicted octanol–water partition coefficient (Wildman–Crippen LogP) is 1.82. The normalized spacial score (nSPS) is 18.1. The predicted molar refractivity (Wildman–Crippen MR) is 67.3 cm³/mol. The Kier molecular flexibility index (Phi) is 3.63. The van der Waals surface area contributed by atoms with E-state index in [0.717, 1.165) is 11.6 Å². The van der Waals surface area contributed by atoms with Crippen LogP contribution in [0.1, 0.15) is 12.5 Å². The van der Waals surface area contributed by atoms with Gasteiger partial charge < -0.3 is 10.7 Å². The first-order valence-corrected chi connectivity index (χ1v) is 5.87. The molecule has 1 aromatic carbocycles. The van der Waals surface area contributed by atoms with Crippen molar-refractivity contribution in [3.63, 3.8) is 0 Å². The molecule has 3 nitrogen and oxygen atoms in total. The molecule has 0 fully saturated rings. The summed E-state index contributed by atoms with van der Waals surface area (Å²) in [4.78, 5) is 0. The third-order valence-electron chi connectivity index (χ3n) is 2.91. The molecule has 2 rings (SSSR count). The minimum atomic E-state index is -0.821. The minimum Gasteiger partial charge on any atom is -0.326 e. The molecule has 1 aliphatic heterocycles. The van der Waals surface area contributed by atoms with E-state index in [1.54, 1.807) is 6.07 Å². The average molecular weight is 253 g/mol. The molecule has 2 N–H and O–H groups in total. The molecule has 0 spiro atoms. The molecule has 0 aromatic heterocycles. The van der Waals surface area contributed by atoms with Crippen molar-refractivity contribution in [1.82, 2.24) is 10.0 Å². The fraction of sp³-hybridized carbons (Fsp3) is 0.385. The second kappa shape index (κ2) is 5.04. The van der Waals surface area contributed by atoms with E-state index in [1.807, 2.05) is 30.2 Å². The Morgan fingerprint density at radius 2 is 2.06 bits per heavy atom. The van der Waals surface area contributed by atoms with Gasteiger partial charge in [-0.25, -0.2) is 13.8 Å². The monoisotopic (exact) mass is 253 g/mol. The van der Waals surface area contributed by atoms with E-state index in [2.05, 4.69) is 0 Å². The first-order valence-electron chi connectivity index (χ1n) is 5.87. The van der Waals surface area contributed by atoms with Gasteiger partial charge in [0.1, 0.15) is 0 Å². The van der Waals surface area contributed by atoms with Crippen molar-refractivity contribution in [2.45, 2.75) is 13.0 Å². The molecular formula is C13H17F2N3. The highest BCUT2D eigenvalue weighted by molar-refractivity contribution is 5.68. The molecule has 0 aliphatic carbocycles. The second-order valence-electron chi connectivity index (χ2n) is 4.70. The van der Waals surface area contributed by atoms with Crippen molar-refractivity contribution < 1.29 is 8.78 Å². The van der Waals surface area contributed by atoms with E-state index in [-0.39, 0.29) is 6.04 Å². The molecule has 0 saturated heterocycles.